The van der Waals surface area contributed by atoms with E-state index in [9.17, 15) is 19.2 Å². The van der Waals surface area contributed by atoms with Gasteiger partial charge in [0.2, 0.25) is 5.91 Å². The van der Waals surface area contributed by atoms with Crippen molar-refractivity contribution in [2.75, 3.05) is 19.4 Å². The maximum atomic E-state index is 13.1. The molecule has 3 rings (SSSR count). The molecular weight excluding hydrogens is 374 g/mol. The monoisotopic (exact) mass is 395 g/mol. The first-order valence-corrected chi connectivity index (χ1v) is 9.13. The number of aldehydes is 1. The summed E-state index contributed by atoms with van der Waals surface area (Å²) in [4.78, 5) is 49.9. The van der Waals surface area contributed by atoms with E-state index in [2.05, 4.69) is 10.6 Å². The van der Waals surface area contributed by atoms with Crippen LogP contribution in [0.3, 0.4) is 0 Å². The summed E-state index contributed by atoms with van der Waals surface area (Å²) in [5.74, 6) is -0.981. The van der Waals surface area contributed by atoms with Gasteiger partial charge in [0, 0.05) is 26.2 Å². The summed E-state index contributed by atoms with van der Waals surface area (Å²) in [6.45, 7) is 0. The van der Waals surface area contributed by atoms with Gasteiger partial charge < -0.3 is 20.2 Å². The molecule has 1 heterocycles. The molecule has 0 aromatic heterocycles. The second-order valence-corrected chi connectivity index (χ2v) is 6.41. The van der Waals surface area contributed by atoms with Crippen LogP contribution < -0.4 is 15.4 Å². The molecule has 150 valence electrons. The van der Waals surface area contributed by atoms with Gasteiger partial charge in [-0.2, -0.15) is 0 Å². The largest absolute Gasteiger partial charge is 0.457 e. The van der Waals surface area contributed by atoms with Crippen LogP contribution in [0.1, 0.15) is 33.6 Å². The standard InChI is InChI=1S/C21H21N3O5/c1-22-13-8-10-14(11-9-13)29-17-7-3-5-15-18(17)21(28)24(20(15)27)16(6-4-12-25)19(26)23-2/h3,5,7-12,16,22H,4,6H2,1-2H3,(H,23,26). The molecule has 0 saturated heterocycles. The van der Waals surface area contributed by atoms with Crippen LogP contribution in [-0.4, -0.2) is 49.0 Å². The fourth-order valence-electron chi connectivity index (χ4n) is 3.23. The SMILES string of the molecule is CNC(=O)C(CCC=O)N1C(=O)c2cccc(Oc3ccc(NC)cc3)c2C1=O. The van der Waals surface area contributed by atoms with Crippen molar-refractivity contribution in [3.05, 3.63) is 53.6 Å². The number of rotatable bonds is 8. The zero-order valence-electron chi connectivity index (χ0n) is 16.1. The highest BCUT2D eigenvalue weighted by Gasteiger charge is 2.44. The fraction of sp³-hybridized carbons (Fsp3) is 0.238. The first-order valence-electron chi connectivity index (χ1n) is 9.13. The minimum absolute atomic E-state index is 0.0483. The Hall–Kier alpha value is -3.68. The second kappa shape index (κ2) is 8.55. The van der Waals surface area contributed by atoms with Crippen LogP contribution >= 0.6 is 0 Å². The minimum atomic E-state index is -1.07. The number of anilines is 1. The number of nitrogens with one attached hydrogen (secondary N) is 2. The average Bonchev–Trinajstić information content (AvgIpc) is 3.00. The Bertz CT molecular complexity index is 955. The van der Waals surface area contributed by atoms with Gasteiger partial charge in [-0.1, -0.05) is 6.07 Å². The predicted molar refractivity (Wildman–Crippen MR) is 106 cm³/mol. The van der Waals surface area contributed by atoms with E-state index < -0.39 is 23.8 Å². The number of fused-ring (bicyclic) bond motifs is 1. The number of imide groups is 1. The van der Waals surface area contributed by atoms with Crippen molar-refractivity contribution in [3.8, 4) is 11.5 Å². The minimum Gasteiger partial charge on any atom is -0.457 e. The van der Waals surface area contributed by atoms with E-state index in [0.717, 1.165) is 10.6 Å². The second-order valence-electron chi connectivity index (χ2n) is 6.41. The molecular formula is C21H21N3O5. The predicted octanol–water partition coefficient (Wildman–Crippen LogP) is 2.21. The van der Waals surface area contributed by atoms with E-state index in [1.165, 1.54) is 13.1 Å². The number of ether oxygens (including phenoxy) is 1. The zero-order chi connectivity index (χ0) is 21.0. The Morgan fingerprint density at radius 2 is 1.83 bits per heavy atom. The molecule has 0 saturated carbocycles. The lowest BCUT2D eigenvalue weighted by molar-refractivity contribution is -0.124. The molecule has 0 radical (unpaired) electrons. The van der Waals surface area contributed by atoms with Crippen molar-refractivity contribution >= 4 is 29.7 Å². The topological polar surface area (TPSA) is 105 Å². The van der Waals surface area contributed by atoms with Crippen LogP contribution in [0.5, 0.6) is 11.5 Å². The number of hydrogen-bond acceptors (Lipinski definition) is 6. The van der Waals surface area contributed by atoms with Gasteiger partial charge in [0.1, 0.15) is 23.8 Å². The van der Waals surface area contributed by atoms with E-state index in [1.807, 2.05) is 12.1 Å². The average molecular weight is 395 g/mol. The van der Waals surface area contributed by atoms with Gasteiger partial charge in [-0.15, -0.1) is 0 Å². The van der Waals surface area contributed by atoms with Crippen molar-refractivity contribution in [2.24, 2.45) is 0 Å². The van der Waals surface area contributed by atoms with Crippen LogP contribution in [0.4, 0.5) is 5.69 Å². The number of nitrogens with zero attached hydrogens (tertiary/aromatic N) is 1. The van der Waals surface area contributed by atoms with Crippen LogP contribution in [0.15, 0.2) is 42.5 Å². The van der Waals surface area contributed by atoms with Crippen molar-refractivity contribution < 1.29 is 23.9 Å². The van der Waals surface area contributed by atoms with E-state index in [0.29, 0.717) is 12.0 Å². The molecule has 0 bridgehead atoms. The van der Waals surface area contributed by atoms with Crippen LogP contribution in [0, 0.1) is 0 Å². The van der Waals surface area contributed by atoms with E-state index >= 15 is 0 Å². The lowest BCUT2D eigenvalue weighted by Crippen LogP contribution is -2.48. The molecule has 29 heavy (non-hydrogen) atoms. The molecule has 0 spiro atoms. The van der Waals surface area contributed by atoms with E-state index in [-0.39, 0.29) is 29.7 Å². The van der Waals surface area contributed by atoms with Crippen LogP contribution in [0.2, 0.25) is 0 Å². The summed E-state index contributed by atoms with van der Waals surface area (Å²) in [5.41, 5.74) is 1.17. The zero-order valence-corrected chi connectivity index (χ0v) is 16.1. The summed E-state index contributed by atoms with van der Waals surface area (Å²) in [5, 5.41) is 5.45. The third-order valence-corrected chi connectivity index (χ3v) is 4.70. The van der Waals surface area contributed by atoms with E-state index in [1.54, 1.807) is 31.3 Å². The van der Waals surface area contributed by atoms with Gasteiger partial charge >= 0.3 is 0 Å². The maximum Gasteiger partial charge on any atom is 0.266 e. The molecule has 8 heteroatoms. The summed E-state index contributed by atoms with van der Waals surface area (Å²) >= 11 is 0. The first kappa shape index (κ1) is 20.1. The maximum absolute atomic E-state index is 13.1. The molecule has 0 aliphatic carbocycles. The summed E-state index contributed by atoms with van der Waals surface area (Å²) < 4.78 is 5.85. The van der Waals surface area contributed by atoms with Crippen molar-refractivity contribution in [1.29, 1.82) is 0 Å². The highest BCUT2D eigenvalue weighted by Crippen LogP contribution is 2.35. The number of carbonyl (C=O) groups excluding carboxylic acids is 4. The number of hydrogen-bond donors (Lipinski definition) is 2. The number of benzene rings is 2. The Kier molecular flexibility index (Phi) is 5.92. The molecule has 0 fully saturated rings. The summed E-state index contributed by atoms with van der Waals surface area (Å²) in [6.07, 6.45) is 0.750. The lowest BCUT2D eigenvalue weighted by Gasteiger charge is -2.24. The van der Waals surface area contributed by atoms with Crippen molar-refractivity contribution in [2.45, 2.75) is 18.9 Å². The number of carbonyl (C=O) groups is 4. The molecule has 1 aliphatic heterocycles. The van der Waals surface area contributed by atoms with Crippen molar-refractivity contribution in [3.63, 3.8) is 0 Å². The molecule has 1 aliphatic rings. The van der Waals surface area contributed by atoms with Crippen molar-refractivity contribution in [1.82, 2.24) is 10.2 Å². The third-order valence-electron chi connectivity index (χ3n) is 4.70. The molecule has 2 N–H and O–H groups in total. The number of likely N-dealkylation sites (N-methyl/N-ethyl adjacent to an activating group) is 1. The lowest BCUT2D eigenvalue weighted by atomic mass is 10.1. The fourth-order valence-corrected chi connectivity index (χ4v) is 3.23. The Morgan fingerprint density at radius 3 is 2.45 bits per heavy atom. The summed E-state index contributed by atoms with van der Waals surface area (Å²) in [7, 11) is 3.21. The first-order chi connectivity index (χ1) is 14.0. The quantitative estimate of drug-likeness (QED) is 0.525. The molecule has 8 nitrogen and oxygen atoms in total. The normalized spacial score (nSPS) is 13.7. The highest BCUT2D eigenvalue weighted by molar-refractivity contribution is 6.24. The molecule has 1 unspecified atom stereocenters. The van der Waals surface area contributed by atoms with Gasteiger partial charge in [-0.25, -0.2) is 0 Å². The smallest absolute Gasteiger partial charge is 0.266 e. The summed E-state index contributed by atoms with van der Waals surface area (Å²) in [6, 6.07) is 10.8. The molecule has 2 aromatic carbocycles. The Labute approximate surface area is 167 Å². The van der Waals surface area contributed by atoms with Gasteiger partial charge in [0.25, 0.3) is 11.8 Å². The van der Waals surface area contributed by atoms with Gasteiger partial charge in [0.15, 0.2) is 0 Å². The highest BCUT2D eigenvalue weighted by atomic mass is 16.5. The molecule has 2 aromatic rings. The molecule has 1 atom stereocenters. The molecule has 3 amide bonds. The van der Waals surface area contributed by atoms with Gasteiger partial charge in [-0.05, 0) is 42.8 Å². The van der Waals surface area contributed by atoms with Gasteiger partial charge in [-0.3, -0.25) is 19.3 Å². The van der Waals surface area contributed by atoms with Gasteiger partial charge in [0.05, 0.1) is 11.1 Å². The Morgan fingerprint density at radius 1 is 1.10 bits per heavy atom. The third kappa shape index (κ3) is 3.82. The van der Waals surface area contributed by atoms with Crippen LogP contribution in [0.25, 0.3) is 0 Å². The van der Waals surface area contributed by atoms with Crippen LogP contribution in [-0.2, 0) is 9.59 Å². The van der Waals surface area contributed by atoms with E-state index in [4.69, 9.17) is 4.74 Å². The Balaban J connectivity index is 1.95. The number of amides is 3.